The Morgan fingerprint density at radius 1 is 1.15 bits per heavy atom. The van der Waals surface area contributed by atoms with Crippen LogP contribution in [0.25, 0.3) is 11.3 Å². The molecule has 0 spiro atoms. The Labute approximate surface area is 198 Å². The van der Waals surface area contributed by atoms with Gasteiger partial charge in [-0.05, 0) is 63.1 Å². The average Bonchev–Trinajstić information content (AvgIpc) is 3.18. The summed E-state index contributed by atoms with van der Waals surface area (Å²) in [5.41, 5.74) is 8.34. The van der Waals surface area contributed by atoms with Gasteiger partial charge in [0.1, 0.15) is 11.5 Å². The topological polar surface area (TPSA) is 132 Å². The standard InChI is InChI=1S/C25H29N7O2/c1-3-13-31-14-5-4-6-19(31)24-30-21(22(23(26)33)32(24)27)17-8-10-18(11-9-17)25(34)29-20-12-7-16(2)15-28-20/h3,7-13,15,19H,4-6,14,27H2,1-2H3,(H2,26,33)(H,28,29,34)/t19-/m0/s1. The van der Waals surface area contributed by atoms with Gasteiger partial charge >= 0.3 is 0 Å². The van der Waals surface area contributed by atoms with Crippen molar-refractivity contribution in [3.05, 3.63) is 77.5 Å². The summed E-state index contributed by atoms with van der Waals surface area (Å²) in [5.74, 6) is 6.46. The third-order valence-corrected chi connectivity index (χ3v) is 5.93. The summed E-state index contributed by atoms with van der Waals surface area (Å²) in [4.78, 5) is 36.1. The van der Waals surface area contributed by atoms with Crippen molar-refractivity contribution in [1.82, 2.24) is 19.5 Å². The molecule has 0 unspecified atom stereocenters. The van der Waals surface area contributed by atoms with Gasteiger partial charge in [-0.3, -0.25) is 9.59 Å². The third-order valence-electron chi connectivity index (χ3n) is 5.93. The molecule has 1 aliphatic rings. The number of benzene rings is 1. The first-order valence-corrected chi connectivity index (χ1v) is 11.3. The summed E-state index contributed by atoms with van der Waals surface area (Å²) in [5, 5.41) is 2.77. The minimum atomic E-state index is -0.656. The molecule has 0 radical (unpaired) electrons. The first-order chi connectivity index (χ1) is 16.4. The van der Waals surface area contributed by atoms with Crippen molar-refractivity contribution in [3.63, 3.8) is 0 Å². The molecule has 0 bridgehead atoms. The van der Waals surface area contributed by atoms with E-state index >= 15 is 0 Å². The molecule has 9 nitrogen and oxygen atoms in total. The van der Waals surface area contributed by atoms with E-state index in [9.17, 15) is 9.59 Å². The fourth-order valence-electron chi connectivity index (χ4n) is 4.23. The number of pyridine rings is 1. The Bertz CT molecular complexity index is 1210. The van der Waals surface area contributed by atoms with E-state index in [1.54, 1.807) is 36.5 Å². The molecule has 1 fully saturated rings. The molecule has 176 valence electrons. The summed E-state index contributed by atoms with van der Waals surface area (Å²) in [6.45, 7) is 4.79. The first kappa shape index (κ1) is 23.0. The second kappa shape index (κ2) is 9.78. The normalized spacial score (nSPS) is 16.1. The van der Waals surface area contributed by atoms with Crippen molar-refractivity contribution < 1.29 is 9.59 Å². The number of nitrogen functional groups attached to an aromatic ring is 1. The maximum Gasteiger partial charge on any atom is 0.269 e. The van der Waals surface area contributed by atoms with Gasteiger partial charge < -0.3 is 21.8 Å². The van der Waals surface area contributed by atoms with Gasteiger partial charge in [-0.2, -0.15) is 0 Å². The van der Waals surface area contributed by atoms with Crippen LogP contribution in [0.4, 0.5) is 5.82 Å². The van der Waals surface area contributed by atoms with Crippen LogP contribution in [-0.4, -0.2) is 37.9 Å². The van der Waals surface area contributed by atoms with Crippen LogP contribution in [0.3, 0.4) is 0 Å². The molecule has 4 rings (SSSR count). The molecule has 34 heavy (non-hydrogen) atoms. The highest BCUT2D eigenvalue weighted by Gasteiger charge is 2.30. The number of nitrogens with zero attached hydrogens (tertiary/aromatic N) is 4. The number of carbonyl (C=O) groups excluding carboxylic acids is 2. The van der Waals surface area contributed by atoms with Gasteiger partial charge in [0.05, 0.1) is 6.04 Å². The summed E-state index contributed by atoms with van der Waals surface area (Å²) < 4.78 is 1.31. The number of aryl methyl sites for hydroxylation is 1. The molecule has 9 heteroatoms. The highest BCUT2D eigenvalue weighted by molar-refractivity contribution is 6.04. The molecule has 1 atom stereocenters. The number of primary amides is 1. The zero-order valence-corrected chi connectivity index (χ0v) is 19.4. The third kappa shape index (κ3) is 4.63. The van der Waals surface area contributed by atoms with Gasteiger partial charge in [-0.15, -0.1) is 0 Å². The fraction of sp³-hybridized carbons (Fsp3) is 0.280. The predicted molar refractivity (Wildman–Crippen MR) is 131 cm³/mol. The van der Waals surface area contributed by atoms with Crippen molar-refractivity contribution in [2.75, 3.05) is 17.7 Å². The van der Waals surface area contributed by atoms with Gasteiger partial charge in [0.25, 0.3) is 11.8 Å². The van der Waals surface area contributed by atoms with Gasteiger partial charge in [-0.1, -0.05) is 24.3 Å². The van der Waals surface area contributed by atoms with Gasteiger partial charge in [0.15, 0.2) is 11.5 Å². The van der Waals surface area contributed by atoms with Crippen LogP contribution in [0.1, 0.15) is 64.5 Å². The van der Waals surface area contributed by atoms with Crippen molar-refractivity contribution in [2.45, 2.75) is 39.2 Å². The van der Waals surface area contributed by atoms with Crippen LogP contribution in [0.5, 0.6) is 0 Å². The lowest BCUT2D eigenvalue weighted by molar-refractivity contribution is 0.0990. The molecule has 3 aromatic rings. The van der Waals surface area contributed by atoms with E-state index in [0.29, 0.717) is 28.5 Å². The Hall–Kier alpha value is -4.14. The quantitative estimate of drug-likeness (QED) is 0.484. The van der Waals surface area contributed by atoms with Crippen LogP contribution in [-0.2, 0) is 0 Å². The minimum Gasteiger partial charge on any atom is -0.368 e. The van der Waals surface area contributed by atoms with E-state index in [1.807, 2.05) is 32.2 Å². The summed E-state index contributed by atoms with van der Waals surface area (Å²) in [6.07, 6.45) is 8.71. The number of hydrogen-bond acceptors (Lipinski definition) is 6. The number of nitrogens with one attached hydrogen (secondary N) is 1. The number of piperidine rings is 1. The van der Waals surface area contributed by atoms with E-state index in [1.165, 1.54) is 4.68 Å². The second-order valence-corrected chi connectivity index (χ2v) is 8.39. The molecule has 2 aromatic heterocycles. The second-order valence-electron chi connectivity index (χ2n) is 8.39. The van der Waals surface area contributed by atoms with Crippen LogP contribution in [0, 0.1) is 6.92 Å². The Morgan fingerprint density at radius 3 is 2.56 bits per heavy atom. The zero-order valence-electron chi connectivity index (χ0n) is 19.4. The molecular formula is C25H29N7O2. The van der Waals surface area contributed by atoms with Crippen molar-refractivity contribution in [2.24, 2.45) is 5.73 Å². The lowest BCUT2D eigenvalue weighted by atomic mass is 10.0. The van der Waals surface area contributed by atoms with Gasteiger partial charge in [0, 0.05) is 23.9 Å². The number of anilines is 1. The number of aromatic nitrogens is 3. The van der Waals surface area contributed by atoms with Gasteiger partial charge in [-0.25, -0.2) is 14.6 Å². The Kier molecular flexibility index (Phi) is 6.62. The molecule has 1 aliphatic heterocycles. The highest BCUT2D eigenvalue weighted by Crippen LogP contribution is 2.33. The van der Waals surface area contributed by atoms with E-state index in [2.05, 4.69) is 15.2 Å². The highest BCUT2D eigenvalue weighted by atomic mass is 16.2. The molecule has 1 saturated heterocycles. The van der Waals surface area contributed by atoms with Crippen molar-refractivity contribution in [1.29, 1.82) is 0 Å². The number of carbonyl (C=O) groups is 2. The molecule has 0 saturated carbocycles. The van der Waals surface area contributed by atoms with E-state index in [-0.39, 0.29) is 17.6 Å². The number of imidazole rings is 1. The number of hydrogen-bond donors (Lipinski definition) is 3. The molecule has 1 aromatic carbocycles. The molecule has 2 amide bonds. The number of rotatable bonds is 6. The Morgan fingerprint density at radius 2 is 1.91 bits per heavy atom. The van der Waals surface area contributed by atoms with Crippen LogP contribution in [0.2, 0.25) is 0 Å². The summed E-state index contributed by atoms with van der Waals surface area (Å²) >= 11 is 0. The van der Waals surface area contributed by atoms with E-state index in [4.69, 9.17) is 16.6 Å². The molecule has 3 heterocycles. The summed E-state index contributed by atoms with van der Waals surface area (Å²) in [6, 6.07) is 10.4. The maximum atomic E-state index is 12.6. The lowest BCUT2D eigenvalue weighted by Crippen LogP contribution is -2.33. The SMILES string of the molecule is CC=CN1CCCC[C@H]1c1nc(-c2ccc(C(=O)Nc3ccc(C)cn3)cc2)c(C(N)=O)n1N. The number of amides is 2. The van der Waals surface area contributed by atoms with Crippen LogP contribution >= 0.6 is 0 Å². The van der Waals surface area contributed by atoms with Crippen LogP contribution in [0.15, 0.2) is 54.9 Å². The van der Waals surface area contributed by atoms with Gasteiger partial charge in [0.2, 0.25) is 0 Å². The van der Waals surface area contributed by atoms with Crippen molar-refractivity contribution >= 4 is 17.6 Å². The molecule has 5 N–H and O–H groups in total. The summed E-state index contributed by atoms with van der Waals surface area (Å²) in [7, 11) is 0. The van der Waals surface area contributed by atoms with E-state index < -0.39 is 5.91 Å². The molecule has 0 aliphatic carbocycles. The largest absolute Gasteiger partial charge is 0.368 e. The smallest absolute Gasteiger partial charge is 0.269 e. The fourth-order valence-corrected chi connectivity index (χ4v) is 4.23. The number of nitrogens with two attached hydrogens (primary N) is 2. The first-order valence-electron chi connectivity index (χ1n) is 11.3. The zero-order chi connectivity index (χ0) is 24.2. The predicted octanol–water partition coefficient (Wildman–Crippen LogP) is 3.38. The van der Waals surface area contributed by atoms with Crippen LogP contribution < -0.4 is 16.9 Å². The molecular weight excluding hydrogens is 430 g/mol. The van der Waals surface area contributed by atoms with Crippen molar-refractivity contribution in [3.8, 4) is 11.3 Å². The lowest BCUT2D eigenvalue weighted by Gasteiger charge is -2.34. The number of allylic oxidation sites excluding steroid dienone is 1. The average molecular weight is 460 g/mol. The maximum absolute atomic E-state index is 12.6. The monoisotopic (exact) mass is 459 g/mol. The minimum absolute atomic E-state index is 0.0474. The Balaban J connectivity index is 1.63. The van der Waals surface area contributed by atoms with E-state index in [0.717, 1.165) is 31.4 Å². The number of likely N-dealkylation sites (tertiary alicyclic amines) is 1.